The second-order valence-electron chi connectivity index (χ2n) is 4.81. The summed E-state index contributed by atoms with van der Waals surface area (Å²) in [5.41, 5.74) is 0. The fourth-order valence-electron chi connectivity index (χ4n) is 1.99. The molecular weight excluding hydrogens is 260 g/mol. The van der Waals surface area contributed by atoms with Crippen LogP contribution in [0.5, 0.6) is 0 Å². The van der Waals surface area contributed by atoms with Crippen molar-refractivity contribution < 1.29 is 18.3 Å². The van der Waals surface area contributed by atoms with Crippen molar-refractivity contribution in [3.05, 3.63) is 0 Å². The van der Waals surface area contributed by atoms with Gasteiger partial charge >= 0.3 is 5.97 Å². The molecule has 3 unspecified atom stereocenters. The molecule has 6 heteroatoms. The number of carboxylic acids is 1. The molecule has 17 heavy (non-hydrogen) atoms. The highest BCUT2D eigenvalue weighted by Crippen LogP contribution is 2.32. The Hall–Kier alpha value is -0.230. The molecule has 0 radical (unpaired) electrons. The predicted octanol–water partition coefficient (Wildman–Crippen LogP) is 1.80. The minimum Gasteiger partial charge on any atom is -0.481 e. The molecule has 3 atom stereocenters. The van der Waals surface area contributed by atoms with Crippen molar-refractivity contribution in [1.82, 2.24) is 0 Å². The fourth-order valence-corrected chi connectivity index (χ4v) is 4.70. The van der Waals surface area contributed by atoms with Gasteiger partial charge in [0.1, 0.15) is 9.84 Å². The smallest absolute Gasteiger partial charge is 0.307 e. The van der Waals surface area contributed by atoms with Crippen LogP contribution in [-0.2, 0) is 14.6 Å². The number of sulfone groups is 1. The SMILES string of the molecule is CC(CSC1CCCC(S(C)(=O)=O)C1)C(=O)O. The van der Waals surface area contributed by atoms with Crippen molar-refractivity contribution in [3.8, 4) is 0 Å². The molecular formula is C11H20O4S2. The first kappa shape index (κ1) is 14.8. The second kappa shape index (κ2) is 6.09. The Balaban J connectivity index is 2.43. The molecule has 1 rings (SSSR count). The molecule has 0 aromatic carbocycles. The molecule has 0 heterocycles. The van der Waals surface area contributed by atoms with E-state index in [0.29, 0.717) is 17.4 Å². The summed E-state index contributed by atoms with van der Waals surface area (Å²) in [7, 11) is -2.94. The van der Waals surface area contributed by atoms with Crippen molar-refractivity contribution in [3.63, 3.8) is 0 Å². The molecule has 1 N–H and O–H groups in total. The maximum atomic E-state index is 11.5. The largest absolute Gasteiger partial charge is 0.481 e. The van der Waals surface area contributed by atoms with Gasteiger partial charge in [-0.1, -0.05) is 13.3 Å². The molecule has 0 spiro atoms. The van der Waals surface area contributed by atoms with E-state index in [1.54, 1.807) is 18.7 Å². The molecule has 0 aromatic heterocycles. The summed E-state index contributed by atoms with van der Waals surface area (Å²) in [6.07, 6.45) is 4.66. The Morgan fingerprint density at radius 1 is 1.47 bits per heavy atom. The van der Waals surface area contributed by atoms with E-state index in [2.05, 4.69) is 0 Å². The predicted molar refractivity (Wildman–Crippen MR) is 70.1 cm³/mol. The minimum absolute atomic E-state index is 0.228. The van der Waals surface area contributed by atoms with E-state index in [-0.39, 0.29) is 11.2 Å². The first-order valence-corrected chi connectivity index (χ1v) is 8.84. The lowest BCUT2D eigenvalue weighted by Gasteiger charge is -2.27. The Labute approximate surface area is 107 Å². The molecule has 1 fully saturated rings. The molecule has 1 aliphatic carbocycles. The molecule has 0 aromatic rings. The van der Waals surface area contributed by atoms with E-state index in [1.165, 1.54) is 6.26 Å². The summed E-state index contributed by atoms with van der Waals surface area (Å²) in [5.74, 6) is -0.581. The average Bonchev–Trinajstić information content (AvgIpc) is 2.25. The quantitative estimate of drug-likeness (QED) is 0.831. The maximum absolute atomic E-state index is 11.5. The number of hydrogen-bond acceptors (Lipinski definition) is 4. The van der Waals surface area contributed by atoms with E-state index in [9.17, 15) is 13.2 Å². The zero-order chi connectivity index (χ0) is 13.1. The summed E-state index contributed by atoms with van der Waals surface area (Å²) in [6, 6.07) is 0. The molecule has 0 amide bonds. The molecule has 1 saturated carbocycles. The van der Waals surface area contributed by atoms with Crippen molar-refractivity contribution >= 4 is 27.6 Å². The van der Waals surface area contributed by atoms with Crippen LogP contribution in [0.4, 0.5) is 0 Å². The van der Waals surface area contributed by atoms with E-state index in [4.69, 9.17) is 5.11 Å². The zero-order valence-corrected chi connectivity index (χ0v) is 11.9. The monoisotopic (exact) mass is 280 g/mol. The van der Waals surface area contributed by atoms with Crippen molar-refractivity contribution in [2.75, 3.05) is 12.0 Å². The normalized spacial score (nSPS) is 27.6. The lowest BCUT2D eigenvalue weighted by molar-refractivity contribution is -0.140. The van der Waals surface area contributed by atoms with Gasteiger partial charge in [0.2, 0.25) is 0 Å². The van der Waals surface area contributed by atoms with Gasteiger partial charge in [0.25, 0.3) is 0 Å². The molecule has 0 aliphatic heterocycles. The Bertz CT molecular complexity index is 364. The van der Waals surface area contributed by atoms with Crippen LogP contribution in [-0.4, -0.2) is 42.0 Å². The van der Waals surface area contributed by atoms with Crippen LogP contribution in [0.2, 0.25) is 0 Å². The van der Waals surface area contributed by atoms with Gasteiger partial charge in [-0.25, -0.2) is 8.42 Å². The van der Waals surface area contributed by atoms with Crippen molar-refractivity contribution in [2.45, 2.75) is 43.1 Å². The topological polar surface area (TPSA) is 71.4 Å². The molecule has 100 valence electrons. The van der Waals surface area contributed by atoms with Gasteiger partial charge in [0.15, 0.2) is 0 Å². The van der Waals surface area contributed by atoms with Gasteiger partial charge in [-0.2, -0.15) is 11.8 Å². The minimum atomic E-state index is -2.94. The highest BCUT2D eigenvalue weighted by molar-refractivity contribution is 8.00. The van der Waals surface area contributed by atoms with Crippen LogP contribution in [0.15, 0.2) is 0 Å². The van der Waals surface area contributed by atoms with E-state index >= 15 is 0 Å². The number of aliphatic carboxylic acids is 1. The highest BCUT2D eigenvalue weighted by atomic mass is 32.2. The zero-order valence-electron chi connectivity index (χ0n) is 10.3. The lowest BCUT2D eigenvalue weighted by Crippen LogP contribution is -2.29. The number of thioether (sulfide) groups is 1. The lowest BCUT2D eigenvalue weighted by atomic mass is 10.00. The maximum Gasteiger partial charge on any atom is 0.307 e. The van der Waals surface area contributed by atoms with Gasteiger partial charge in [-0.05, 0) is 19.3 Å². The number of hydrogen-bond donors (Lipinski definition) is 1. The first-order valence-electron chi connectivity index (χ1n) is 5.84. The summed E-state index contributed by atoms with van der Waals surface area (Å²) in [6.45, 7) is 1.69. The van der Waals surface area contributed by atoms with Gasteiger partial charge < -0.3 is 5.11 Å². The molecule has 0 bridgehead atoms. The van der Waals surface area contributed by atoms with Gasteiger partial charge in [0, 0.05) is 17.3 Å². The summed E-state index contributed by atoms with van der Waals surface area (Å²) < 4.78 is 22.9. The molecule has 4 nitrogen and oxygen atoms in total. The van der Waals surface area contributed by atoms with E-state index < -0.39 is 15.8 Å². The van der Waals surface area contributed by atoms with Gasteiger partial charge in [-0.15, -0.1) is 0 Å². The van der Waals surface area contributed by atoms with Gasteiger partial charge in [0.05, 0.1) is 11.2 Å². The number of carbonyl (C=O) groups is 1. The summed E-state index contributed by atoms with van der Waals surface area (Å²) in [4.78, 5) is 10.7. The molecule has 1 aliphatic rings. The van der Waals surface area contributed by atoms with Gasteiger partial charge in [-0.3, -0.25) is 4.79 Å². The standard InChI is InChI=1S/C11H20O4S2/c1-8(11(12)13)7-16-9-4-3-5-10(6-9)17(2,14)15/h8-10H,3-7H2,1-2H3,(H,12,13). The average molecular weight is 280 g/mol. The third kappa shape index (κ3) is 4.87. The third-order valence-corrected chi connectivity index (χ3v) is 6.42. The van der Waals surface area contributed by atoms with Crippen LogP contribution >= 0.6 is 11.8 Å². The summed E-state index contributed by atoms with van der Waals surface area (Å²) in [5, 5.41) is 8.85. The van der Waals surface area contributed by atoms with E-state index in [0.717, 1.165) is 19.3 Å². The van der Waals surface area contributed by atoms with Crippen molar-refractivity contribution in [2.24, 2.45) is 5.92 Å². The Kier molecular flexibility index (Phi) is 5.31. The second-order valence-corrected chi connectivity index (χ2v) is 8.47. The fraction of sp³-hybridized carbons (Fsp3) is 0.909. The van der Waals surface area contributed by atoms with E-state index in [1.807, 2.05) is 0 Å². The first-order chi connectivity index (χ1) is 7.80. The van der Waals surface area contributed by atoms with Crippen LogP contribution in [0.1, 0.15) is 32.6 Å². The van der Waals surface area contributed by atoms with Crippen LogP contribution in [0.25, 0.3) is 0 Å². The summed E-state index contributed by atoms with van der Waals surface area (Å²) >= 11 is 1.61. The molecule has 0 saturated heterocycles. The Morgan fingerprint density at radius 3 is 2.65 bits per heavy atom. The van der Waals surface area contributed by atoms with Crippen LogP contribution in [0.3, 0.4) is 0 Å². The number of carboxylic acid groups (broad SMARTS) is 1. The van der Waals surface area contributed by atoms with Crippen LogP contribution in [0, 0.1) is 5.92 Å². The number of rotatable bonds is 5. The van der Waals surface area contributed by atoms with Crippen LogP contribution < -0.4 is 0 Å². The van der Waals surface area contributed by atoms with Crippen molar-refractivity contribution in [1.29, 1.82) is 0 Å². The third-order valence-electron chi connectivity index (χ3n) is 3.19. The highest BCUT2D eigenvalue weighted by Gasteiger charge is 2.29. The Morgan fingerprint density at radius 2 is 2.12 bits per heavy atom.